The number of aryl methyl sites for hydroxylation is 1. The molecule has 4 N–H and O–H groups in total. The highest BCUT2D eigenvalue weighted by atomic mass is 19.1. The summed E-state index contributed by atoms with van der Waals surface area (Å²) in [6.07, 6.45) is 4.69. The number of primary amides is 1. The number of carbonyl (C=O) groups is 2. The maximum absolute atomic E-state index is 13.6. The number of carbonyl (C=O) groups excluding carboxylic acids is 2. The van der Waals surface area contributed by atoms with Gasteiger partial charge in [-0.15, -0.1) is 0 Å². The van der Waals surface area contributed by atoms with Crippen LogP contribution in [0.25, 0.3) is 11.0 Å². The number of hydrogen-bond donors (Lipinski definition) is 3. The van der Waals surface area contributed by atoms with Crippen molar-refractivity contribution in [1.82, 2.24) is 10.3 Å². The van der Waals surface area contributed by atoms with E-state index in [0.717, 1.165) is 18.4 Å². The van der Waals surface area contributed by atoms with E-state index in [-0.39, 0.29) is 23.3 Å². The fourth-order valence-corrected chi connectivity index (χ4v) is 3.29. The lowest BCUT2D eigenvalue weighted by molar-refractivity contribution is 0.1000. The Morgan fingerprint density at radius 3 is 2.79 bits per heavy atom. The minimum atomic E-state index is -0.627. The molecule has 2 aromatic heterocycles. The Labute approximate surface area is 160 Å². The minimum Gasteiger partial charge on any atom is -0.459 e. The molecule has 1 aliphatic rings. The topological polar surface area (TPSA) is 110 Å². The van der Waals surface area contributed by atoms with Crippen molar-refractivity contribution in [3.8, 4) is 0 Å². The Bertz CT molecular complexity index is 1070. The van der Waals surface area contributed by atoms with Crippen LogP contribution in [-0.4, -0.2) is 16.9 Å². The van der Waals surface area contributed by atoms with Crippen molar-refractivity contribution in [1.29, 1.82) is 0 Å². The van der Waals surface area contributed by atoms with E-state index in [1.807, 2.05) is 6.92 Å². The fourth-order valence-electron chi connectivity index (χ4n) is 3.29. The lowest BCUT2D eigenvalue weighted by Gasteiger charge is -2.17. The van der Waals surface area contributed by atoms with E-state index in [9.17, 15) is 14.0 Å². The molecule has 1 aromatic carbocycles. The molecule has 28 heavy (non-hydrogen) atoms. The predicted molar refractivity (Wildman–Crippen MR) is 101 cm³/mol. The number of aromatic nitrogens is 1. The van der Waals surface area contributed by atoms with Crippen molar-refractivity contribution in [3.05, 3.63) is 59.4 Å². The molecule has 1 aliphatic carbocycles. The number of anilines is 1. The van der Waals surface area contributed by atoms with Crippen LogP contribution < -0.4 is 16.4 Å². The molecule has 1 saturated carbocycles. The zero-order valence-electron chi connectivity index (χ0n) is 15.2. The van der Waals surface area contributed by atoms with E-state index < -0.39 is 11.9 Å². The van der Waals surface area contributed by atoms with Crippen LogP contribution in [0.1, 0.15) is 40.6 Å². The molecule has 7 nitrogen and oxygen atoms in total. The molecule has 0 spiro atoms. The monoisotopic (exact) mass is 382 g/mol. The number of halogens is 1. The van der Waals surface area contributed by atoms with Gasteiger partial charge < -0.3 is 20.8 Å². The van der Waals surface area contributed by atoms with E-state index in [1.165, 1.54) is 30.6 Å². The summed E-state index contributed by atoms with van der Waals surface area (Å²) in [5, 5.41) is 6.28. The maximum Gasteiger partial charge on any atom is 0.319 e. The summed E-state index contributed by atoms with van der Waals surface area (Å²) >= 11 is 0. The average Bonchev–Trinajstić information content (AvgIpc) is 3.45. The highest BCUT2D eigenvalue weighted by Crippen LogP contribution is 2.44. The lowest BCUT2D eigenvalue weighted by Crippen LogP contribution is -2.34. The van der Waals surface area contributed by atoms with Gasteiger partial charge in [0.1, 0.15) is 17.2 Å². The minimum absolute atomic E-state index is 0.201. The van der Waals surface area contributed by atoms with Crippen LogP contribution >= 0.6 is 0 Å². The van der Waals surface area contributed by atoms with Gasteiger partial charge in [0.25, 0.3) is 0 Å². The molecule has 144 valence electrons. The van der Waals surface area contributed by atoms with Crippen molar-refractivity contribution >= 4 is 28.6 Å². The van der Waals surface area contributed by atoms with E-state index >= 15 is 0 Å². The summed E-state index contributed by atoms with van der Waals surface area (Å²) in [5.41, 5.74) is 7.18. The van der Waals surface area contributed by atoms with Gasteiger partial charge in [-0.25, -0.2) is 9.18 Å². The second-order valence-corrected chi connectivity index (χ2v) is 6.97. The first-order chi connectivity index (χ1) is 13.4. The van der Waals surface area contributed by atoms with Gasteiger partial charge in [0, 0.05) is 17.1 Å². The molecule has 1 unspecified atom stereocenters. The first-order valence-corrected chi connectivity index (χ1v) is 8.93. The van der Waals surface area contributed by atoms with Crippen LogP contribution in [0.5, 0.6) is 0 Å². The normalized spacial score (nSPS) is 14.6. The third kappa shape index (κ3) is 3.53. The van der Waals surface area contributed by atoms with Gasteiger partial charge in [-0.1, -0.05) is 0 Å². The van der Waals surface area contributed by atoms with Gasteiger partial charge in [-0.05, 0) is 49.9 Å². The smallest absolute Gasteiger partial charge is 0.319 e. The quantitative estimate of drug-likeness (QED) is 0.625. The zero-order valence-corrected chi connectivity index (χ0v) is 15.2. The fraction of sp³-hybridized carbons (Fsp3) is 0.250. The third-order valence-electron chi connectivity index (χ3n) is 4.88. The average molecular weight is 382 g/mol. The Hall–Kier alpha value is -3.42. The van der Waals surface area contributed by atoms with Crippen LogP contribution in [0.4, 0.5) is 14.9 Å². The summed E-state index contributed by atoms with van der Waals surface area (Å²) in [7, 11) is 0. The van der Waals surface area contributed by atoms with Crippen LogP contribution in [0, 0.1) is 18.7 Å². The number of fused-ring (bicyclic) bond motifs is 1. The molecule has 0 saturated heterocycles. The number of pyridine rings is 1. The largest absolute Gasteiger partial charge is 0.459 e. The molecule has 1 fully saturated rings. The summed E-state index contributed by atoms with van der Waals surface area (Å²) in [6, 6.07) is 5.04. The van der Waals surface area contributed by atoms with Gasteiger partial charge in [0.2, 0.25) is 5.91 Å². The van der Waals surface area contributed by atoms with E-state index in [2.05, 4.69) is 15.6 Å². The molecular weight excluding hydrogens is 363 g/mol. The number of nitrogens with zero attached hydrogens (tertiary/aromatic N) is 1. The van der Waals surface area contributed by atoms with Gasteiger partial charge in [0.15, 0.2) is 0 Å². The number of amides is 3. The molecule has 8 heteroatoms. The number of urea groups is 1. The summed E-state index contributed by atoms with van der Waals surface area (Å²) in [4.78, 5) is 27.7. The molecule has 0 radical (unpaired) electrons. The van der Waals surface area contributed by atoms with E-state index in [1.54, 1.807) is 6.07 Å². The van der Waals surface area contributed by atoms with Crippen molar-refractivity contribution in [3.63, 3.8) is 0 Å². The molecule has 2 heterocycles. The van der Waals surface area contributed by atoms with Crippen molar-refractivity contribution in [2.24, 2.45) is 11.7 Å². The predicted octanol–water partition coefficient (Wildman–Crippen LogP) is 3.65. The zero-order chi connectivity index (χ0) is 19.8. The molecule has 3 amide bonds. The number of furan rings is 1. The van der Waals surface area contributed by atoms with Crippen LogP contribution in [0.15, 0.2) is 41.1 Å². The molecule has 4 rings (SSSR count). The van der Waals surface area contributed by atoms with Gasteiger partial charge >= 0.3 is 6.03 Å². The summed E-state index contributed by atoms with van der Waals surface area (Å²) in [5.74, 6) is -0.0804. The van der Waals surface area contributed by atoms with Crippen molar-refractivity contribution < 1.29 is 18.4 Å². The molecule has 0 aliphatic heterocycles. The standard InChI is InChI=1S/C20H19FN4O3/c1-10-15-7-13(21)4-5-16(15)28-18(10)17(11-2-3-11)25-20(27)24-14-6-12(19(22)26)8-23-9-14/h4-9,11,17H,2-3H2,1H3,(H2,22,26)(H2,24,25,27). The molecule has 1 atom stereocenters. The molecule has 0 bridgehead atoms. The third-order valence-corrected chi connectivity index (χ3v) is 4.88. The van der Waals surface area contributed by atoms with Crippen LogP contribution in [0.3, 0.4) is 0 Å². The summed E-state index contributed by atoms with van der Waals surface area (Å²) < 4.78 is 19.5. The Kier molecular flexibility index (Phi) is 4.46. The van der Waals surface area contributed by atoms with Crippen molar-refractivity contribution in [2.45, 2.75) is 25.8 Å². The second-order valence-electron chi connectivity index (χ2n) is 6.97. The summed E-state index contributed by atoms with van der Waals surface area (Å²) in [6.45, 7) is 1.86. The first kappa shape index (κ1) is 18.0. The van der Waals surface area contributed by atoms with E-state index in [0.29, 0.717) is 22.4 Å². The van der Waals surface area contributed by atoms with Crippen LogP contribution in [-0.2, 0) is 0 Å². The Morgan fingerprint density at radius 2 is 2.07 bits per heavy atom. The number of nitrogens with two attached hydrogens (primary N) is 1. The van der Waals surface area contributed by atoms with Crippen LogP contribution in [0.2, 0.25) is 0 Å². The van der Waals surface area contributed by atoms with Gasteiger partial charge in [0.05, 0.1) is 23.5 Å². The first-order valence-electron chi connectivity index (χ1n) is 8.93. The number of nitrogens with one attached hydrogen (secondary N) is 2. The highest BCUT2D eigenvalue weighted by molar-refractivity contribution is 5.95. The number of rotatable bonds is 5. The van der Waals surface area contributed by atoms with Crippen molar-refractivity contribution in [2.75, 3.05) is 5.32 Å². The van der Waals surface area contributed by atoms with E-state index in [4.69, 9.17) is 10.2 Å². The highest BCUT2D eigenvalue weighted by Gasteiger charge is 2.37. The molecular formula is C20H19FN4O3. The molecule has 3 aromatic rings. The van der Waals surface area contributed by atoms with Gasteiger partial charge in [-0.2, -0.15) is 0 Å². The number of benzene rings is 1. The number of hydrogen-bond acceptors (Lipinski definition) is 4. The second kappa shape index (κ2) is 6.95. The Balaban J connectivity index is 1.56. The maximum atomic E-state index is 13.6. The lowest BCUT2D eigenvalue weighted by atomic mass is 10.0. The SMILES string of the molecule is Cc1c(C(NC(=O)Nc2cncc(C(N)=O)c2)C2CC2)oc2ccc(F)cc12. The Morgan fingerprint density at radius 1 is 1.29 bits per heavy atom. The van der Waals surface area contributed by atoms with Gasteiger partial charge in [-0.3, -0.25) is 9.78 Å².